The molecule has 2 atom stereocenters. The molecule has 5 rings (SSSR count). The highest BCUT2D eigenvalue weighted by molar-refractivity contribution is 5.87. The largest absolute Gasteiger partial charge is 0.481 e. The van der Waals surface area contributed by atoms with E-state index < -0.39 is 5.60 Å². The van der Waals surface area contributed by atoms with Gasteiger partial charge in [-0.05, 0) is 40.5 Å². The molecule has 0 aliphatic carbocycles. The van der Waals surface area contributed by atoms with E-state index in [1.165, 1.54) is 0 Å². The third kappa shape index (κ3) is 3.65. The Morgan fingerprint density at radius 1 is 0.818 bits per heavy atom. The van der Waals surface area contributed by atoms with Crippen molar-refractivity contribution in [2.75, 3.05) is 7.11 Å². The van der Waals surface area contributed by atoms with Gasteiger partial charge in [-0.2, -0.15) is 0 Å². The zero-order valence-corrected chi connectivity index (χ0v) is 18.9. The van der Waals surface area contributed by atoms with Crippen molar-refractivity contribution in [1.82, 2.24) is 4.98 Å². The summed E-state index contributed by atoms with van der Waals surface area (Å²) in [6.07, 6.45) is 0.524. The van der Waals surface area contributed by atoms with Gasteiger partial charge in [-0.3, -0.25) is 0 Å². The van der Waals surface area contributed by atoms with E-state index in [9.17, 15) is 5.11 Å². The van der Waals surface area contributed by atoms with Crippen LogP contribution in [-0.4, -0.2) is 17.2 Å². The number of hydrogen-bond donors (Lipinski definition) is 1. The number of para-hydroxylation sites is 1. The smallest absolute Gasteiger partial charge is 0.217 e. The van der Waals surface area contributed by atoms with E-state index in [-0.39, 0.29) is 5.92 Å². The predicted octanol–water partition coefficient (Wildman–Crippen LogP) is 6.83. The number of ether oxygens (including phenoxy) is 1. The maximum Gasteiger partial charge on any atom is 0.217 e. The Morgan fingerprint density at radius 3 is 2.24 bits per heavy atom. The van der Waals surface area contributed by atoms with Gasteiger partial charge in [-0.15, -0.1) is 0 Å². The molecule has 0 aliphatic heterocycles. The average molecular weight is 434 g/mol. The molecule has 0 saturated carbocycles. The number of fused-ring (bicyclic) bond motifs is 2. The molecule has 1 N–H and O–H groups in total. The van der Waals surface area contributed by atoms with Crippen LogP contribution in [0, 0.1) is 0 Å². The Bertz CT molecular complexity index is 1410. The molecule has 3 heteroatoms. The standard InChI is InChI=1S/C30H27NO2/c1-3-30(32,26-18-11-16-21-12-7-9-17-24(21)26)28(22-13-5-4-6-14-22)25-20-23-15-8-10-19-27(23)31-29(25)33-2/h4-20,28,32H,3H2,1-2H3. The van der Waals surface area contributed by atoms with Crippen molar-refractivity contribution in [2.45, 2.75) is 24.9 Å². The Hall–Kier alpha value is -3.69. The molecule has 0 amide bonds. The fourth-order valence-electron chi connectivity index (χ4n) is 5.00. The van der Waals surface area contributed by atoms with E-state index in [0.717, 1.165) is 38.4 Å². The second-order valence-corrected chi connectivity index (χ2v) is 8.43. The number of pyridine rings is 1. The molecule has 2 unspecified atom stereocenters. The van der Waals surface area contributed by atoms with Crippen LogP contribution in [0.25, 0.3) is 21.7 Å². The van der Waals surface area contributed by atoms with Crippen LogP contribution in [0.5, 0.6) is 5.88 Å². The minimum Gasteiger partial charge on any atom is -0.481 e. The van der Waals surface area contributed by atoms with E-state index in [2.05, 4.69) is 42.5 Å². The Kier molecular flexibility index (Phi) is 5.57. The molecule has 0 saturated heterocycles. The van der Waals surface area contributed by atoms with Gasteiger partial charge in [0.05, 0.1) is 12.6 Å². The molecule has 0 bridgehead atoms. The highest BCUT2D eigenvalue weighted by Crippen LogP contribution is 2.48. The number of methoxy groups -OCH3 is 1. The lowest BCUT2D eigenvalue weighted by Crippen LogP contribution is -2.34. The number of rotatable bonds is 6. The van der Waals surface area contributed by atoms with E-state index in [1.807, 2.05) is 67.6 Å². The summed E-state index contributed by atoms with van der Waals surface area (Å²) in [5.41, 5.74) is 2.49. The predicted molar refractivity (Wildman–Crippen MR) is 135 cm³/mol. The number of nitrogens with zero attached hydrogens (tertiary/aromatic N) is 1. The van der Waals surface area contributed by atoms with Crippen molar-refractivity contribution in [1.29, 1.82) is 0 Å². The Labute approximate surface area is 194 Å². The third-order valence-corrected chi connectivity index (χ3v) is 6.63. The molecule has 0 radical (unpaired) electrons. The van der Waals surface area contributed by atoms with Gasteiger partial charge in [-0.25, -0.2) is 4.98 Å². The van der Waals surface area contributed by atoms with Gasteiger partial charge < -0.3 is 9.84 Å². The Balaban J connectivity index is 1.83. The molecule has 4 aromatic carbocycles. The van der Waals surface area contributed by atoms with Crippen LogP contribution in [0.2, 0.25) is 0 Å². The van der Waals surface area contributed by atoms with Crippen LogP contribution < -0.4 is 4.74 Å². The lowest BCUT2D eigenvalue weighted by atomic mass is 9.71. The van der Waals surface area contributed by atoms with Crippen molar-refractivity contribution in [3.8, 4) is 5.88 Å². The summed E-state index contributed by atoms with van der Waals surface area (Å²) in [4.78, 5) is 4.81. The van der Waals surface area contributed by atoms with Crippen LogP contribution in [0.1, 0.15) is 36.0 Å². The minimum atomic E-state index is -1.18. The summed E-state index contributed by atoms with van der Waals surface area (Å²) in [6, 6.07) is 34.7. The maximum absolute atomic E-state index is 12.6. The molecule has 0 spiro atoms. The second-order valence-electron chi connectivity index (χ2n) is 8.43. The molecule has 164 valence electrons. The number of aromatic nitrogens is 1. The zero-order chi connectivity index (χ0) is 22.8. The Morgan fingerprint density at radius 2 is 1.48 bits per heavy atom. The van der Waals surface area contributed by atoms with Gasteiger partial charge in [0.2, 0.25) is 5.88 Å². The topological polar surface area (TPSA) is 42.4 Å². The molecule has 1 heterocycles. The minimum absolute atomic E-state index is 0.374. The summed E-state index contributed by atoms with van der Waals surface area (Å²) >= 11 is 0. The van der Waals surface area contributed by atoms with Gasteiger partial charge in [0.25, 0.3) is 0 Å². The molecule has 0 aliphatic rings. The third-order valence-electron chi connectivity index (χ3n) is 6.63. The van der Waals surface area contributed by atoms with Gasteiger partial charge in [-0.1, -0.05) is 97.9 Å². The summed E-state index contributed by atoms with van der Waals surface area (Å²) in [7, 11) is 1.64. The number of aliphatic hydroxyl groups is 1. The molecule has 1 aromatic heterocycles. The first-order valence-electron chi connectivity index (χ1n) is 11.3. The van der Waals surface area contributed by atoms with E-state index in [4.69, 9.17) is 9.72 Å². The normalized spacial score (nSPS) is 14.2. The van der Waals surface area contributed by atoms with Crippen LogP contribution in [0.3, 0.4) is 0 Å². The van der Waals surface area contributed by atoms with Gasteiger partial charge in [0.1, 0.15) is 5.60 Å². The van der Waals surface area contributed by atoms with Crippen molar-refractivity contribution >= 4 is 21.7 Å². The molecular formula is C30H27NO2. The summed E-state index contributed by atoms with van der Waals surface area (Å²) in [5, 5.41) is 15.7. The molecule has 0 fully saturated rings. The zero-order valence-electron chi connectivity index (χ0n) is 18.9. The summed E-state index contributed by atoms with van der Waals surface area (Å²) in [6.45, 7) is 2.04. The number of hydrogen-bond acceptors (Lipinski definition) is 3. The van der Waals surface area contributed by atoms with Crippen molar-refractivity contribution in [3.05, 3.63) is 120 Å². The van der Waals surface area contributed by atoms with Crippen molar-refractivity contribution in [3.63, 3.8) is 0 Å². The van der Waals surface area contributed by atoms with Gasteiger partial charge in [0, 0.05) is 16.9 Å². The maximum atomic E-state index is 12.6. The average Bonchev–Trinajstić information content (AvgIpc) is 2.88. The molecular weight excluding hydrogens is 406 g/mol. The van der Waals surface area contributed by atoms with Crippen LogP contribution in [-0.2, 0) is 5.60 Å². The highest BCUT2D eigenvalue weighted by atomic mass is 16.5. The van der Waals surface area contributed by atoms with Gasteiger partial charge >= 0.3 is 0 Å². The number of benzene rings is 4. The van der Waals surface area contributed by atoms with Gasteiger partial charge in [0.15, 0.2) is 0 Å². The lowest BCUT2D eigenvalue weighted by Gasteiger charge is -2.38. The summed E-state index contributed by atoms with van der Waals surface area (Å²) < 4.78 is 5.80. The highest BCUT2D eigenvalue weighted by Gasteiger charge is 2.41. The van der Waals surface area contributed by atoms with Crippen molar-refractivity contribution < 1.29 is 9.84 Å². The monoisotopic (exact) mass is 433 g/mol. The first-order chi connectivity index (χ1) is 16.2. The van der Waals surface area contributed by atoms with Crippen LogP contribution >= 0.6 is 0 Å². The molecule has 3 nitrogen and oxygen atoms in total. The first-order valence-corrected chi connectivity index (χ1v) is 11.3. The van der Waals surface area contributed by atoms with Crippen LogP contribution in [0.4, 0.5) is 0 Å². The quantitative estimate of drug-likeness (QED) is 0.319. The van der Waals surface area contributed by atoms with Crippen molar-refractivity contribution in [2.24, 2.45) is 0 Å². The lowest BCUT2D eigenvalue weighted by molar-refractivity contribution is 0.0158. The molecule has 5 aromatic rings. The summed E-state index contributed by atoms with van der Waals surface area (Å²) in [5.74, 6) is 0.163. The fourth-order valence-corrected chi connectivity index (χ4v) is 5.00. The van der Waals surface area contributed by atoms with E-state index >= 15 is 0 Å². The fraction of sp³-hybridized carbons (Fsp3) is 0.167. The second kappa shape index (κ2) is 8.68. The van der Waals surface area contributed by atoms with E-state index in [0.29, 0.717) is 12.3 Å². The molecule has 33 heavy (non-hydrogen) atoms. The van der Waals surface area contributed by atoms with E-state index in [1.54, 1.807) is 7.11 Å². The van der Waals surface area contributed by atoms with Crippen LogP contribution in [0.15, 0.2) is 103 Å². The SMILES string of the molecule is CCC(O)(c1cccc2ccccc12)C(c1ccccc1)c1cc2ccccc2nc1OC. The first kappa shape index (κ1) is 21.2.